The van der Waals surface area contributed by atoms with E-state index in [1.807, 2.05) is 0 Å². The lowest BCUT2D eigenvalue weighted by atomic mass is 10.1. The molecule has 0 bridgehead atoms. The lowest BCUT2D eigenvalue weighted by Crippen LogP contribution is -2.51. The van der Waals surface area contributed by atoms with Gasteiger partial charge in [-0.1, -0.05) is 97.9 Å². The van der Waals surface area contributed by atoms with Crippen LogP contribution in [0.2, 0.25) is 12.1 Å². The maximum atomic E-state index is 2.47. The molecule has 0 fully saturated rings. The first-order valence-corrected chi connectivity index (χ1v) is 10.1. The maximum absolute atomic E-state index is 2.47. The highest BCUT2D eigenvalue weighted by Crippen LogP contribution is 2.40. The average Bonchev–Trinajstić information content (AvgIpc) is 2.95. The third-order valence-corrected chi connectivity index (χ3v) is 10.7. The van der Waals surface area contributed by atoms with E-state index in [4.69, 9.17) is 0 Å². The Kier molecular flexibility index (Phi) is 3.62. The minimum Gasteiger partial charge on any atom is -0.0787 e. The predicted octanol–water partition coefficient (Wildman–Crippen LogP) is 4.73. The van der Waals surface area contributed by atoms with Gasteiger partial charge in [0, 0.05) is 5.54 Å². The summed E-state index contributed by atoms with van der Waals surface area (Å²) in [5.41, 5.74) is 3.61. The van der Waals surface area contributed by atoms with Crippen molar-refractivity contribution in [1.29, 1.82) is 0 Å². The van der Waals surface area contributed by atoms with Gasteiger partial charge in [-0.2, -0.15) is 0 Å². The summed E-state index contributed by atoms with van der Waals surface area (Å²) in [5, 5.41) is 1.61. The topological polar surface area (TPSA) is 0 Å². The van der Waals surface area contributed by atoms with Crippen LogP contribution >= 0.6 is 0 Å². The molecular formula is C19H22Si. The highest BCUT2D eigenvalue weighted by atomic mass is 28.3. The number of rotatable bonds is 4. The zero-order valence-electron chi connectivity index (χ0n) is 12.3. The molecular weight excluding hydrogens is 256 g/mol. The van der Waals surface area contributed by atoms with Crippen LogP contribution < -0.4 is 5.19 Å². The smallest absolute Gasteiger partial charge is 0.0787 e. The first kappa shape index (κ1) is 13.4. The molecule has 0 N–H and O–H groups in total. The third-order valence-electron chi connectivity index (χ3n) is 5.01. The van der Waals surface area contributed by atoms with Gasteiger partial charge in [-0.05, 0) is 11.1 Å². The second-order valence-corrected chi connectivity index (χ2v) is 10.6. The van der Waals surface area contributed by atoms with Crippen LogP contribution in [0.4, 0.5) is 0 Å². The summed E-state index contributed by atoms with van der Waals surface area (Å²) in [4.78, 5) is 0. The van der Waals surface area contributed by atoms with E-state index in [0.717, 1.165) is 0 Å². The highest BCUT2D eigenvalue weighted by molar-refractivity contribution is 6.93. The van der Waals surface area contributed by atoms with Gasteiger partial charge in [0.1, 0.15) is 0 Å². The molecule has 0 aliphatic heterocycles. The monoisotopic (exact) mass is 278 g/mol. The Balaban J connectivity index is 2.12. The summed E-state index contributed by atoms with van der Waals surface area (Å²) in [6.45, 7) is 4.77. The summed E-state index contributed by atoms with van der Waals surface area (Å²) in [6.07, 6.45) is 4.80. The van der Waals surface area contributed by atoms with Gasteiger partial charge in [0.05, 0.1) is 8.07 Å². The van der Waals surface area contributed by atoms with Gasteiger partial charge in [-0.3, -0.25) is 0 Å². The van der Waals surface area contributed by atoms with Crippen LogP contribution in [0, 0.1) is 0 Å². The Bertz CT molecular complexity index is 609. The molecule has 1 unspecified atom stereocenters. The van der Waals surface area contributed by atoms with Crippen molar-refractivity contribution in [3.05, 3.63) is 71.8 Å². The van der Waals surface area contributed by atoms with Crippen LogP contribution in [0.3, 0.4) is 0 Å². The van der Waals surface area contributed by atoms with Gasteiger partial charge < -0.3 is 0 Å². The van der Waals surface area contributed by atoms with Crippen molar-refractivity contribution in [2.75, 3.05) is 0 Å². The molecule has 2 aromatic carbocycles. The van der Waals surface area contributed by atoms with Crippen molar-refractivity contribution in [1.82, 2.24) is 0 Å². The van der Waals surface area contributed by atoms with E-state index in [1.165, 1.54) is 17.7 Å². The van der Waals surface area contributed by atoms with E-state index in [9.17, 15) is 0 Å². The summed E-state index contributed by atoms with van der Waals surface area (Å²) in [5.74, 6) is 0. The molecule has 0 radical (unpaired) electrons. The average molecular weight is 278 g/mol. The van der Waals surface area contributed by atoms with Crippen LogP contribution in [0.1, 0.15) is 30.5 Å². The number of benzene rings is 2. The Labute approximate surface area is 123 Å². The summed E-state index contributed by atoms with van der Waals surface area (Å²) < 4.78 is 0. The summed E-state index contributed by atoms with van der Waals surface area (Å²) in [6, 6.07) is 22.8. The summed E-state index contributed by atoms with van der Waals surface area (Å²) >= 11 is 0. The molecule has 0 aromatic heterocycles. The zero-order valence-corrected chi connectivity index (χ0v) is 13.3. The van der Waals surface area contributed by atoms with Crippen molar-refractivity contribution in [3.8, 4) is 0 Å². The Morgan fingerprint density at radius 3 is 2.20 bits per heavy atom. The number of hydrogen-bond donors (Lipinski definition) is 0. The minimum absolute atomic E-state index is 0.635. The van der Waals surface area contributed by atoms with Crippen molar-refractivity contribution >= 4 is 19.3 Å². The number of fused-ring (bicyclic) bond motifs is 1. The molecule has 0 saturated carbocycles. The third kappa shape index (κ3) is 1.97. The summed E-state index contributed by atoms with van der Waals surface area (Å²) in [7, 11) is -1.52. The largest absolute Gasteiger partial charge is 0.0973 e. The fourth-order valence-electron chi connectivity index (χ4n) is 3.78. The second-order valence-electron chi connectivity index (χ2n) is 5.69. The van der Waals surface area contributed by atoms with Gasteiger partial charge in [0.2, 0.25) is 0 Å². The molecule has 2 aromatic rings. The Morgan fingerprint density at radius 1 is 0.850 bits per heavy atom. The van der Waals surface area contributed by atoms with Gasteiger partial charge in [0.25, 0.3) is 0 Å². The molecule has 0 spiro atoms. The van der Waals surface area contributed by atoms with E-state index >= 15 is 0 Å². The first-order chi connectivity index (χ1) is 9.81. The molecule has 20 heavy (non-hydrogen) atoms. The second kappa shape index (κ2) is 5.41. The predicted molar refractivity (Wildman–Crippen MR) is 91.0 cm³/mol. The van der Waals surface area contributed by atoms with Gasteiger partial charge in [-0.15, -0.1) is 0 Å². The standard InChI is InChI=1S/C19H22Si/c1-3-20(4-2,17-11-6-5-7-12-17)19-15-14-16-10-8-9-13-18(16)19/h5-15,19H,3-4H2,1-2H3. The van der Waals surface area contributed by atoms with Gasteiger partial charge in [-0.25, -0.2) is 0 Å². The SMILES string of the molecule is CC[Si](CC)(c1ccccc1)C1C=Cc2ccccc21. The van der Waals surface area contributed by atoms with E-state index in [1.54, 1.807) is 10.8 Å². The van der Waals surface area contributed by atoms with Gasteiger partial charge in [0.15, 0.2) is 0 Å². The molecule has 1 heteroatoms. The molecule has 0 amide bonds. The molecule has 102 valence electrons. The van der Waals surface area contributed by atoms with Crippen LogP contribution in [0.5, 0.6) is 0 Å². The number of hydrogen-bond acceptors (Lipinski definition) is 0. The van der Waals surface area contributed by atoms with Crippen molar-refractivity contribution in [3.63, 3.8) is 0 Å². The normalized spacial score (nSPS) is 17.2. The molecule has 1 aliphatic rings. The highest BCUT2D eigenvalue weighted by Gasteiger charge is 2.41. The van der Waals surface area contributed by atoms with Crippen molar-refractivity contribution < 1.29 is 0 Å². The molecule has 0 saturated heterocycles. The van der Waals surface area contributed by atoms with Crippen LogP contribution in [-0.4, -0.2) is 8.07 Å². The van der Waals surface area contributed by atoms with Crippen molar-refractivity contribution in [2.45, 2.75) is 31.5 Å². The van der Waals surface area contributed by atoms with E-state index in [-0.39, 0.29) is 0 Å². The van der Waals surface area contributed by atoms with Crippen LogP contribution in [0.15, 0.2) is 60.7 Å². The minimum atomic E-state index is -1.52. The molecule has 3 rings (SSSR count). The fourth-order valence-corrected chi connectivity index (χ4v) is 8.51. The quantitative estimate of drug-likeness (QED) is 0.709. The molecule has 0 nitrogen and oxygen atoms in total. The fraction of sp³-hybridized carbons (Fsp3) is 0.263. The molecule has 0 heterocycles. The zero-order chi connectivity index (χ0) is 14.0. The van der Waals surface area contributed by atoms with E-state index in [2.05, 4.69) is 80.6 Å². The lowest BCUT2D eigenvalue weighted by molar-refractivity contribution is 1.09. The van der Waals surface area contributed by atoms with Gasteiger partial charge >= 0.3 is 0 Å². The first-order valence-electron chi connectivity index (χ1n) is 7.64. The lowest BCUT2D eigenvalue weighted by Gasteiger charge is -2.36. The Hall–Kier alpha value is -1.60. The van der Waals surface area contributed by atoms with E-state index in [0.29, 0.717) is 5.54 Å². The van der Waals surface area contributed by atoms with Crippen LogP contribution in [-0.2, 0) is 0 Å². The number of allylic oxidation sites excluding steroid dienone is 1. The Morgan fingerprint density at radius 2 is 1.50 bits per heavy atom. The van der Waals surface area contributed by atoms with E-state index < -0.39 is 8.07 Å². The molecule has 1 aliphatic carbocycles. The van der Waals surface area contributed by atoms with Crippen LogP contribution in [0.25, 0.3) is 6.08 Å². The molecule has 1 atom stereocenters. The maximum Gasteiger partial charge on any atom is 0.0973 e. The van der Waals surface area contributed by atoms with Crippen molar-refractivity contribution in [2.24, 2.45) is 0 Å².